The van der Waals surface area contributed by atoms with E-state index in [1.54, 1.807) is 24.4 Å². The van der Waals surface area contributed by atoms with Crippen LogP contribution in [-0.2, 0) is 6.54 Å². The molecule has 1 heterocycles. The largest absolute Gasteiger partial charge is 0.360 e. The molecular weight excluding hydrogens is 339 g/mol. The van der Waals surface area contributed by atoms with Gasteiger partial charge in [0.05, 0.1) is 6.04 Å². The number of ketones is 1. The van der Waals surface area contributed by atoms with Crippen molar-refractivity contribution in [2.24, 2.45) is 0 Å². The molecule has 1 aromatic heterocycles. The lowest BCUT2D eigenvalue weighted by Gasteiger charge is -2.18. The number of fused-ring (bicyclic) bond motifs is 1. The van der Waals surface area contributed by atoms with Gasteiger partial charge >= 0.3 is 0 Å². The Kier molecular flexibility index (Phi) is 4.81. The molecule has 0 aliphatic carbocycles. The zero-order valence-electron chi connectivity index (χ0n) is 14.7. The summed E-state index contributed by atoms with van der Waals surface area (Å²) in [5, 5.41) is 4.13. The second kappa shape index (κ2) is 7.56. The lowest BCUT2D eigenvalue weighted by molar-refractivity contribution is 0.0943. The van der Waals surface area contributed by atoms with Crippen LogP contribution in [0.5, 0.6) is 0 Å². The van der Waals surface area contributed by atoms with Crippen molar-refractivity contribution in [1.29, 1.82) is 0 Å². The Balaban J connectivity index is 1.68. The molecule has 3 aromatic carbocycles. The summed E-state index contributed by atoms with van der Waals surface area (Å²) in [5.74, 6) is -0.327. The summed E-state index contributed by atoms with van der Waals surface area (Å²) in [6.07, 6.45) is 1.74. The van der Waals surface area contributed by atoms with Crippen molar-refractivity contribution in [1.82, 2.24) is 10.3 Å². The van der Waals surface area contributed by atoms with Crippen LogP contribution in [0, 0.1) is 5.82 Å². The van der Waals surface area contributed by atoms with E-state index in [1.807, 2.05) is 54.6 Å². The molecule has 134 valence electrons. The number of hydrogen-bond donors (Lipinski definition) is 2. The molecule has 0 fully saturated rings. The summed E-state index contributed by atoms with van der Waals surface area (Å²) in [5.41, 5.74) is 2.93. The summed E-state index contributed by atoms with van der Waals surface area (Å²) in [4.78, 5) is 16.5. The van der Waals surface area contributed by atoms with E-state index in [0.29, 0.717) is 11.1 Å². The minimum atomic E-state index is -0.565. The molecule has 0 aliphatic rings. The number of benzene rings is 3. The Morgan fingerprint density at radius 2 is 1.63 bits per heavy atom. The minimum absolute atomic E-state index is 0.0463. The van der Waals surface area contributed by atoms with E-state index in [9.17, 15) is 9.18 Å². The van der Waals surface area contributed by atoms with Crippen LogP contribution in [0.15, 0.2) is 85.1 Å². The third-order valence-corrected chi connectivity index (χ3v) is 4.70. The summed E-state index contributed by atoms with van der Waals surface area (Å²) in [6.45, 7) is 0.264. The van der Waals surface area contributed by atoms with Gasteiger partial charge in [-0.1, -0.05) is 66.7 Å². The van der Waals surface area contributed by atoms with Crippen LogP contribution in [0.3, 0.4) is 0 Å². The van der Waals surface area contributed by atoms with E-state index in [-0.39, 0.29) is 18.1 Å². The first-order valence-corrected chi connectivity index (χ1v) is 8.86. The number of carbonyl (C=O) groups is 1. The molecule has 27 heavy (non-hydrogen) atoms. The predicted molar refractivity (Wildman–Crippen MR) is 105 cm³/mol. The number of para-hydroxylation sites is 1. The van der Waals surface area contributed by atoms with Crippen molar-refractivity contribution in [2.75, 3.05) is 0 Å². The molecule has 0 saturated carbocycles. The van der Waals surface area contributed by atoms with E-state index >= 15 is 0 Å². The van der Waals surface area contributed by atoms with Crippen molar-refractivity contribution in [3.05, 3.63) is 108 Å². The van der Waals surface area contributed by atoms with Gasteiger partial charge in [0.1, 0.15) is 5.82 Å². The van der Waals surface area contributed by atoms with Crippen molar-refractivity contribution in [2.45, 2.75) is 12.6 Å². The molecular formula is C23H19FN2O. The van der Waals surface area contributed by atoms with E-state index in [1.165, 1.54) is 6.07 Å². The highest BCUT2D eigenvalue weighted by molar-refractivity contribution is 6.10. The highest BCUT2D eigenvalue weighted by Crippen LogP contribution is 2.25. The van der Waals surface area contributed by atoms with Crippen molar-refractivity contribution < 1.29 is 9.18 Å². The lowest BCUT2D eigenvalue weighted by atomic mass is 9.96. The van der Waals surface area contributed by atoms with E-state index in [4.69, 9.17) is 0 Å². The standard InChI is InChI=1S/C23H19FN2O/c24-20-12-6-4-10-17(20)14-26-22(16-8-2-1-3-9-16)23(27)19-15-25-21-13-7-5-11-18(19)21/h1-13,15,22,25-26H,14H2/t22-/m0/s1. The average Bonchev–Trinajstić information content (AvgIpc) is 3.14. The Hall–Kier alpha value is -3.24. The first-order valence-electron chi connectivity index (χ1n) is 8.86. The molecule has 4 aromatic rings. The van der Waals surface area contributed by atoms with Crippen LogP contribution in [-0.4, -0.2) is 10.8 Å². The first-order chi connectivity index (χ1) is 13.2. The van der Waals surface area contributed by atoms with Gasteiger partial charge in [0, 0.05) is 34.8 Å². The quantitative estimate of drug-likeness (QED) is 0.475. The average molecular weight is 358 g/mol. The minimum Gasteiger partial charge on any atom is -0.360 e. The second-order valence-electron chi connectivity index (χ2n) is 6.43. The van der Waals surface area contributed by atoms with Crippen LogP contribution in [0.2, 0.25) is 0 Å². The van der Waals surface area contributed by atoms with Gasteiger partial charge in [0.2, 0.25) is 0 Å². The highest BCUT2D eigenvalue weighted by atomic mass is 19.1. The molecule has 3 nitrogen and oxygen atoms in total. The summed E-state index contributed by atoms with van der Waals surface area (Å²) in [7, 11) is 0. The normalized spacial score (nSPS) is 12.2. The highest BCUT2D eigenvalue weighted by Gasteiger charge is 2.24. The maximum atomic E-state index is 14.0. The van der Waals surface area contributed by atoms with E-state index in [2.05, 4.69) is 10.3 Å². The summed E-state index contributed by atoms with van der Waals surface area (Å²) in [6, 6.07) is 23.3. The molecule has 0 spiro atoms. The first kappa shape index (κ1) is 17.2. The number of halogens is 1. The number of nitrogens with one attached hydrogen (secondary N) is 2. The molecule has 2 N–H and O–H groups in total. The molecule has 1 atom stereocenters. The van der Waals surface area contributed by atoms with Crippen molar-refractivity contribution >= 4 is 16.7 Å². The molecule has 0 bridgehead atoms. The fourth-order valence-electron chi connectivity index (χ4n) is 3.29. The molecule has 0 amide bonds. The number of carbonyl (C=O) groups excluding carboxylic acids is 1. The topological polar surface area (TPSA) is 44.9 Å². The van der Waals surface area contributed by atoms with Gasteiger partial charge in [-0.15, -0.1) is 0 Å². The summed E-state index contributed by atoms with van der Waals surface area (Å²) < 4.78 is 14.0. The van der Waals surface area contributed by atoms with Gasteiger partial charge in [-0.3, -0.25) is 10.1 Å². The Morgan fingerprint density at radius 1 is 0.926 bits per heavy atom. The van der Waals surface area contributed by atoms with Gasteiger partial charge < -0.3 is 4.98 Å². The number of aromatic amines is 1. The number of rotatable bonds is 6. The van der Waals surface area contributed by atoms with Crippen LogP contribution < -0.4 is 5.32 Å². The second-order valence-corrected chi connectivity index (χ2v) is 6.43. The maximum absolute atomic E-state index is 14.0. The van der Waals surface area contributed by atoms with Gasteiger partial charge in [0.15, 0.2) is 5.78 Å². The number of H-pyrrole nitrogens is 1. The van der Waals surface area contributed by atoms with Crippen LogP contribution in [0.4, 0.5) is 4.39 Å². The Bertz CT molecular complexity index is 1070. The Labute approximate surface area is 156 Å². The number of hydrogen-bond acceptors (Lipinski definition) is 2. The van der Waals surface area contributed by atoms with E-state index in [0.717, 1.165) is 16.5 Å². The summed E-state index contributed by atoms with van der Waals surface area (Å²) >= 11 is 0. The zero-order valence-corrected chi connectivity index (χ0v) is 14.7. The maximum Gasteiger partial charge on any atom is 0.186 e. The van der Waals surface area contributed by atoms with Crippen LogP contribution in [0.1, 0.15) is 27.5 Å². The molecule has 0 saturated heterocycles. The lowest BCUT2D eigenvalue weighted by Crippen LogP contribution is -2.28. The zero-order chi connectivity index (χ0) is 18.6. The van der Waals surface area contributed by atoms with Crippen LogP contribution in [0.25, 0.3) is 10.9 Å². The van der Waals surface area contributed by atoms with Crippen molar-refractivity contribution in [3.63, 3.8) is 0 Å². The smallest absolute Gasteiger partial charge is 0.186 e. The molecule has 0 unspecified atom stereocenters. The Morgan fingerprint density at radius 3 is 2.44 bits per heavy atom. The predicted octanol–water partition coefficient (Wildman–Crippen LogP) is 5.02. The van der Waals surface area contributed by atoms with Gasteiger partial charge in [-0.05, 0) is 17.7 Å². The number of aromatic nitrogens is 1. The molecule has 4 rings (SSSR count). The monoisotopic (exact) mass is 358 g/mol. The third kappa shape index (κ3) is 3.52. The SMILES string of the molecule is O=C(c1c[nH]c2ccccc12)[C@@H](NCc1ccccc1F)c1ccccc1. The van der Waals surface area contributed by atoms with Gasteiger partial charge in [0.25, 0.3) is 0 Å². The molecule has 0 aliphatic heterocycles. The van der Waals surface area contributed by atoms with Crippen LogP contribution >= 0.6 is 0 Å². The number of Topliss-reactive ketones (excluding diaryl/α,β-unsaturated/α-hetero) is 1. The van der Waals surface area contributed by atoms with Crippen molar-refractivity contribution in [3.8, 4) is 0 Å². The molecule has 0 radical (unpaired) electrons. The third-order valence-electron chi connectivity index (χ3n) is 4.70. The van der Waals surface area contributed by atoms with Gasteiger partial charge in [-0.2, -0.15) is 0 Å². The fourth-order valence-corrected chi connectivity index (χ4v) is 3.29. The van der Waals surface area contributed by atoms with Gasteiger partial charge in [-0.25, -0.2) is 4.39 Å². The van der Waals surface area contributed by atoms with E-state index < -0.39 is 6.04 Å². The molecule has 4 heteroatoms. The fraction of sp³-hybridized carbons (Fsp3) is 0.0870.